The van der Waals surface area contributed by atoms with Crippen molar-refractivity contribution < 1.29 is 9.26 Å². The molecule has 0 fully saturated rings. The molecule has 4 aromatic heterocycles. The number of hydrogen-bond acceptors (Lipinski definition) is 9. The first-order valence-corrected chi connectivity index (χ1v) is 10.3. The van der Waals surface area contributed by atoms with Crippen molar-refractivity contribution in [1.82, 2.24) is 45.1 Å². The molecule has 11 heteroatoms. The second-order valence-corrected chi connectivity index (χ2v) is 7.59. The van der Waals surface area contributed by atoms with E-state index in [9.17, 15) is 0 Å². The Kier molecular flexibility index (Phi) is 5.35. The molecule has 11 nitrogen and oxygen atoms in total. The van der Waals surface area contributed by atoms with Crippen molar-refractivity contribution in [3.63, 3.8) is 0 Å². The quantitative estimate of drug-likeness (QED) is 0.373. The van der Waals surface area contributed by atoms with Gasteiger partial charge in [-0.15, -0.1) is 5.10 Å². The minimum absolute atomic E-state index is 0.269. The normalized spacial score (nSPS) is 11.1. The van der Waals surface area contributed by atoms with E-state index in [0.717, 1.165) is 28.2 Å². The Balaban J connectivity index is 1.32. The van der Waals surface area contributed by atoms with Gasteiger partial charge in [0.15, 0.2) is 0 Å². The highest BCUT2D eigenvalue weighted by atomic mass is 16.5. The van der Waals surface area contributed by atoms with Gasteiger partial charge in [0.2, 0.25) is 11.7 Å². The van der Waals surface area contributed by atoms with Gasteiger partial charge in [0.25, 0.3) is 5.89 Å². The van der Waals surface area contributed by atoms with E-state index in [-0.39, 0.29) is 6.61 Å². The highest BCUT2D eigenvalue weighted by Crippen LogP contribution is 2.26. The number of benzene rings is 1. The molecule has 4 heterocycles. The first-order valence-electron chi connectivity index (χ1n) is 10.3. The molecule has 0 saturated heterocycles. The molecule has 1 aromatic carbocycles. The maximum Gasteiger partial charge on any atom is 0.261 e. The first kappa shape index (κ1) is 20.5. The maximum atomic E-state index is 5.83. The molecule has 166 valence electrons. The Labute approximate surface area is 189 Å². The minimum atomic E-state index is 0.269. The summed E-state index contributed by atoms with van der Waals surface area (Å²) in [4.78, 5) is 8.84. The fourth-order valence-electron chi connectivity index (χ4n) is 3.27. The van der Waals surface area contributed by atoms with Gasteiger partial charge in [0, 0.05) is 24.9 Å². The van der Waals surface area contributed by atoms with Crippen molar-refractivity contribution in [1.29, 1.82) is 0 Å². The molecule has 0 amide bonds. The van der Waals surface area contributed by atoms with Crippen molar-refractivity contribution in [2.45, 2.75) is 27.0 Å². The highest BCUT2D eigenvalue weighted by Gasteiger charge is 2.18. The van der Waals surface area contributed by atoms with Crippen LogP contribution in [0.25, 0.3) is 22.8 Å². The molecule has 5 aromatic rings. The van der Waals surface area contributed by atoms with E-state index in [0.29, 0.717) is 29.7 Å². The molecule has 0 aliphatic rings. The monoisotopic (exact) mass is 443 g/mol. The number of pyridine rings is 1. The largest absolute Gasteiger partial charge is 0.471 e. The summed E-state index contributed by atoms with van der Waals surface area (Å²) in [5.74, 6) is 2.17. The van der Waals surface area contributed by atoms with Crippen molar-refractivity contribution in [2.75, 3.05) is 0 Å². The zero-order valence-corrected chi connectivity index (χ0v) is 18.4. The summed E-state index contributed by atoms with van der Waals surface area (Å²) >= 11 is 0. The summed E-state index contributed by atoms with van der Waals surface area (Å²) in [6, 6.07) is 11.7. The van der Waals surface area contributed by atoms with Crippen LogP contribution in [0.3, 0.4) is 0 Å². The van der Waals surface area contributed by atoms with Crippen LogP contribution in [0.1, 0.15) is 22.6 Å². The predicted molar refractivity (Wildman–Crippen MR) is 117 cm³/mol. The van der Waals surface area contributed by atoms with Gasteiger partial charge in [-0.05, 0) is 35.4 Å². The van der Waals surface area contributed by atoms with E-state index in [1.54, 1.807) is 21.8 Å². The van der Waals surface area contributed by atoms with Crippen molar-refractivity contribution >= 4 is 0 Å². The van der Waals surface area contributed by atoms with Crippen molar-refractivity contribution in [3.05, 3.63) is 71.4 Å². The highest BCUT2D eigenvalue weighted by molar-refractivity contribution is 5.61. The van der Waals surface area contributed by atoms with Crippen LogP contribution in [0.2, 0.25) is 0 Å². The Bertz CT molecular complexity index is 1370. The molecule has 0 unspecified atom stereocenters. The third kappa shape index (κ3) is 4.33. The second-order valence-electron chi connectivity index (χ2n) is 7.59. The third-order valence-electron chi connectivity index (χ3n) is 5.21. The van der Waals surface area contributed by atoms with Crippen LogP contribution < -0.4 is 4.74 Å². The lowest BCUT2D eigenvalue weighted by atomic mass is 10.1. The molecule has 0 atom stereocenters. The van der Waals surface area contributed by atoms with E-state index in [2.05, 4.69) is 35.7 Å². The lowest BCUT2D eigenvalue weighted by molar-refractivity contribution is 0.283. The zero-order chi connectivity index (χ0) is 22.8. The molecular formula is C22H21N9O2. The minimum Gasteiger partial charge on any atom is -0.471 e. The Morgan fingerprint density at radius 2 is 1.88 bits per heavy atom. The smallest absolute Gasteiger partial charge is 0.261 e. The topological polar surface area (TPSA) is 122 Å². The van der Waals surface area contributed by atoms with E-state index in [1.165, 1.54) is 0 Å². The summed E-state index contributed by atoms with van der Waals surface area (Å²) < 4.78 is 14.8. The number of hydrogen-bond donors (Lipinski definition) is 0. The second kappa shape index (κ2) is 8.61. The fourth-order valence-corrected chi connectivity index (χ4v) is 3.27. The number of nitrogens with zero attached hydrogens (tertiary/aromatic N) is 9. The van der Waals surface area contributed by atoms with Crippen LogP contribution in [0.5, 0.6) is 5.88 Å². The van der Waals surface area contributed by atoms with Gasteiger partial charge in [0.1, 0.15) is 12.4 Å². The molecular weight excluding hydrogens is 422 g/mol. The lowest BCUT2D eigenvalue weighted by Crippen LogP contribution is -2.05. The molecule has 0 saturated carbocycles. The van der Waals surface area contributed by atoms with Gasteiger partial charge in [-0.25, -0.2) is 9.67 Å². The molecule has 33 heavy (non-hydrogen) atoms. The average Bonchev–Trinajstić information content (AvgIpc) is 3.55. The average molecular weight is 443 g/mol. The van der Waals surface area contributed by atoms with Crippen LogP contribution in [0, 0.1) is 13.8 Å². The van der Waals surface area contributed by atoms with Crippen LogP contribution in [0.4, 0.5) is 0 Å². The van der Waals surface area contributed by atoms with Crippen LogP contribution in [-0.4, -0.2) is 45.1 Å². The first-order chi connectivity index (χ1) is 16.1. The number of aryl methyl sites for hydroxylation is 3. The number of rotatable bonds is 7. The predicted octanol–water partition coefficient (Wildman–Crippen LogP) is 2.76. The van der Waals surface area contributed by atoms with Gasteiger partial charge >= 0.3 is 0 Å². The van der Waals surface area contributed by atoms with Crippen molar-refractivity contribution in [3.8, 4) is 28.7 Å². The number of aromatic nitrogens is 9. The van der Waals surface area contributed by atoms with Gasteiger partial charge in [-0.2, -0.15) is 10.1 Å². The van der Waals surface area contributed by atoms with Gasteiger partial charge in [-0.3, -0.25) is 4.68 Å². The van der Waals surface area contributed by atoms with E-state index in [1.807, 2.05) is 57.3 Å². The van der Waals surface area contributed by atoms with Gasteiger partial charge in [0.05, 0.1) is 24.0 Å². The Hall–Kier alpha value is -4.41. The zero-order valence-electron chi connectivity index (χ0n) is 18.4. The molecule has 0 aliphatic carbocycles. The third-order valence-corrected chi connectivity index (χ3v) is 5.21. The van der Waals surface area contributed by atoms with Crippen LogP contribution in [0.15, 0.2) is 53.3 Å². The number of tetrazole rings is 1. The van der Waals surface area contributed by atoms with Crippen LogP contribution in [-0.2, 0) is 20.2 Å². The summed E-state index contributed by atoms with van der Waals surface area (Å²) in [7, 11) is 1.84. The van der Waals surface area contributed by atoms with E-state index >= 15 is 0 Å². The molecule has 0 spiro atoms. The van der Waals surface area contributed by atoms with Crippen molar-refractivity contribution in [2.24, 2.45) is 7.05 Å². The molecule has 0 bridgehead atoms. The fraction of sp³-hybridized carbons (Fsp3) is 0.227. The van der Waals surface area contributed by atoms with Crippen LogP contribution >= 0.6 is 0 Å². The lowest BCUT2D eigenvalue weighted by Gasteiger charge is -2.07. The molecule has 0 aliphatic heterocycles. The maximum absolute atomic E-state index is 5.83. The molecule has 5 rings (SSSR count). The number of ether oxygens (including phenoxy) is 1. The summed E-state index contributed by atoms with van der Waals surface area (Å²) in [6.07, 6.45) is 3.45. The Morgan fingerprint density at radius 3 is 2.61 bits per heavy atom. The molecule has 0 radical (unpaired) electrons. The SMILES string of the molecule is Cc1ccc(OCc2c(-c3nc(-c4ccc(Cn5nnnc5C)cc4)no3)cnn2C)nc1. The summed E-state index contributed by atoms with van der Waals surface area (Å²) in [5, 5.41) is 20.0. The summed E-state index contributed by atoms with van der Waals surface area (Å²) in [5.41, 5.74) is 4.50. The summed E-state index contributed by atoms with van der Waals surface area (Å²) in [6.45, 7) is 4.70. The van der Waals surface area contributed by atoms with E-state index < -0.39 is 0 Å². The Morgan fingerprint density at radius 1 is 1.03 bits per heavy atom. The van der Waals surface area contributed by atoms with Gasteiger partial charge < -0.3 is 9.26 Å². The van der Waals surface area contributed by atoms with E-state index in [4.69, 9.17) is 9.26 Å². The van der Waals surface area contributed by atoms with Gasteiger partial charge in [-0.1, -0.05) is 35.5 Å². The standard InChI is InChI=1S/C22H21N9O2/c1-14-4-9-20(23-10-14)32-13-19-18(11-24-30(19)3)22-25-21(27-33-22)17-7-5-16(6-8-17)12-31-15(2)26-28-29-31/h4-11H,12-13H2,1-3H3. The molecule has 0 N–H and O–H groups in total.